The van der Waals surface area contributed by atoms with Gasteiger partial charge in [0.05, 0.1) is 30.5 Å². The van der Waals surface area contributed by atoms with Gasteiger partial charge in [0, 0.05) is 32.7 Å². The molecule has 0 aliphatic carbocycles. The molecule has 0 aliphatic rings. The second-order valence-corrected chi connectivity index (χ2v) is 9.68. The molecule has 9 heteroatoms. The average molecular weight is 562 g/mol. The molecule has 0 bridgehead atoms. The zero-order valence-electron chi connectivity index (χ0n) is 20.3. The Hall–Kier alpha value is 0.410. The van der Waals surface area contributed by atoms with Crippen molar-refractivity contribution >= 4 is 23.0 Å². The van der Waals surface area contributed by atoms with Crippen molar-refractivity contribution in [1.82, 2.24) is 14.7 Å². The lowest BCUT2D eigenvalue weighted by molar-refractivity contribution is 0.0799. The average Bonchev–Trinajstić information content (AvgIpc) is 2.62. The molecule has 0 heterocycles. The van der Waals surface area contributed by atoms with Crippen LogP contribution in [0, 0.1) is 0 Å². The van der Waals surface area contributed by atoms with E-state index in [0.29, 0.717) is 26.2 Å². The second-order valence-electron chi connectivity index (χ2n) is 9.18. The predicted octanol–water partition coefficient (Wildman–Crippen LogP) is 1.34. The molecule has 0 fully saturated rings. The van der Waals surface area contributed by atoms with E-state index in [0.717, 1.165) is 52.0 Å². The van der Waals surface area contributed by atoms with Crippen molar-refractivity contribution < 1.29 is 23.5 Å². The van der Waals surface area contributed by atoms with Crippen LogP contribution < -0.4 is 0 Å². The summed E-state index contributed by atoms with van der Waals surface area (Å²) in [4.78, 5) is 6.65. The number of aliphatic hydroxyl groups is 4. The van der Waals surface area contributed by atoms with E-state index in [2.05, 4.69) is 14.7 Å². The summed E-state index contributed by atoms with van der Waals surface area (Å²) in [5, 5.41) is 39.0. The van der Waals surface area contributed by atoms with Gasteiger partial charge < -0.3 is 28.4 Å². The highest BCUT2D eigenvalue weighted by atomic mass is 127. The van der Waals surface area contributed by atoms with Crippen LogP contribution in [0.2, 0.25) is 0 Å². The Balaban J connectivity index is 4.48. The Kier molecular flexibility index (Phi) is 19.0. The highest BCUT2D eigenvalue weighted by Gasteiger charge is 2.15. The van der Waals surface area contributed by atoms with Crippen molar-refractivity contribution in [3.05, 3.63) is 0 Å². The maximum Gasteiger partial charge on any atom is 0.110 e. The number of hydrogen-bond donors (Lipinski definition) is 4. The highest BCUT2D eigenvalue weighted by Crippen LogP contribution is 2.06. The summed E-state index contributed by atoms with van der Waals surface area (Å²) in [6, 6.07) is 0. The van der Waals surface area contributed by atoms with Crippen LogP contribution in [-0.4, -0.2) is 125 Å². The van der Waals surface area contributed by atoms with Crippen LogP contribution in [0.3, 0.4) is 0 Å². The normalized spacial score (nSPS) is 17.3. The van der Waals surface area contributed by atoms with Crippen molar-refractivity contribution in [3.63, 3.8) is 0 Å². The molecule has 4 N–H and O–H groups in total. The minimum absolute atomic E-state index is 0.110. The molecule has 0 saturated carbocycles. The first kappa shape index (κ1) is 31.4. The fraction of sp³-hybridized carbons (Fsp3) is 1.00. The summed E-state index contributed by atoms with van der Waals surface area (Å²) < 4.78 is 5.34. The lowest BCUT2D eigenvalue weighted by atomic mass is 10.2. The first-order valence-corrected chi connectivity index (χ1v) is 12.6. The van der Waals surface area contributed by atoms with E-state index in [9.17, 15) is 20.4 Å². The van der Waals surface area contributed by atoms with Gasteiger partial charge in [0.2, 0.25) is 0 Å². The Morgan fingerprint density at radius 3 is 1.29 bits per heavy atom. The van der Waals surface area contributed by atoms with E-state index in [1.807, 2.05) is 36.9 Å². The molecule has 0 radical (unpaired) electrons. The molecule has 5 unspecified atom stereocenters. The van der Waals surface area contributed by atoms with E-state index < -0.39 is 12.2 Å². The van der Waals surface area contributed by atoms with E-state index >= 15 is 0 Å². The maximum absolute atomic E-state index is 9.88. The maximum atomic E-state index is 9.88. The predicted molar refractivity (Wildman–Crippen MR) is 134 cm³/mol. The summed E-state index contributed by atoms with van der Waals surface area (Å²) in [6.07, 6.45) is 1.49. The van der Waals surface area contributed by atoms with Crippen molar-refractivity contribution in [2.24, 2.45) is 0 Å². The van der Waals surface area contributed by atoms with Gasteiger partial charge in [0.15, 0.2) is 0 Å². The third-order valence-corrected chi connectivity index (χ3v) is 5.77. The summed E-state index contributed by atoms with van der Waals surface area (Å²) >= 11 is 1.92. The topological polar surface area (TPSA) is 99.9 Å². The zero-order valence-corrected chi connectivity index (χ0v) is 22.4. The van der Waals surface area contributed by atoms with Gasteiger partial charge in [0.25, 0.3) is 0 Å². The van der Waals surface area contributed by atoms with Crippen LogP contribution in [0.25, 0.3) is 0 Å². The number of hydrogen-bond acceptors (Lipinski definition) is 8. The molecule has 0 aliphatic heterocycles. The summed E-state index contributed by atoms with van der Waals surface area (Å²) in [5.74, 6) is 0. The first-order valence-electron chi connectivity index (χ1n) is 11.7. The number of nitrogens with zero attached hydrogens (tertiary/aromatic N) is 3. The third kappa shape index (κ3) is 19.6. The van der Waals surface area contributed by atoms with Gasteiger partial charge in [-0.05, 0) is 80.1 Å². The Bertz CT molecular complexity index is 407. The van der Waals surface area contributed by atoms with Crippen molar-refractivity contribution in [2.75, 3.05) is 58.9 Å². The molecule has 31 heavy (non-hydrogen) atoms. The third-order valence-electron chi connectivity index (χ3n) is 4.90. The largest absolute Gasteiger partial charge is 0.392 e. The van der Waals surface area contributed by atoms with Gasteiger partial charge in [-0.3, -0.25) is 9.80 Å². The smallest absolute Gasteiger partial charge is 0.110 e. The zero-order chi connectivity index (χ0) is 23.8. The van der Waals surface area contributed by atoms with E-state index in [1.165, 1.54) is 0 Å². The minimum atomic E-state index is -0.407. The summed E-state index contributed by atoms with van der Waals surface area (Å²) in [7, 11) is 0. The van der Waals surface area contributed by atoms with Crippen LogP contribution in [0.15, 0.2) is 0 Å². The molecule has 0 rings (SSSR count). The molecular weight excluding hydrogens is 513 g/mol. The molecule has 0 aromatic heterocycles. The van der Waals surface area contributed by atoms with E-state index in [1.54, 1.807) is 20.8 Å². The summed E-state index contributed by atoms with van der Waals surface area (Å²) in [5.41, 5.74) is 0. The van der Waals surface area contributed by atoms with Crippen LogP contribution in [0.4, 0.5) is 0 Å². The molecule has 0 amide bonds. The van der Waals surface area contributed by atoms with E-state index in [4.69, 9.17) is 3.07 Å². The van der Waals surface area contributed by atoms with Gasteiger partial charge >= 0.3 is 0 Å². The molecule has 0 saturated heterocycles. The van der Waals surface area contributed by atoms with Gasteiger partial charge in [-0.25, -0.2) is 0 Å². The second kappa shape index (κ2) is 18.8. The molecule has 5 atom stereocenters. The molecule has 0 aromatic rings. The standard InChI is InChI=1S/C22H48IN3O5/c1-18(27)13-24(9-6-7-10-25(14-19(2)28)15-20(3)29)11-8-12-26(16-21(4)30)17-22(5)31-23/h18-22,27-30H,6-17H2,1-5H3. The van der Waals surface area contributed by atoms with Gasteiger partial charge in [-0.2, -0.15) is 0 Å². The fourth-order valence-corrected chi connectivity index (χ4v) is 4.04. The van der Waals surface area contributed by atoms with Crippen LogP contribution in [-0.2, 0) is 3.07 Å². The molecule has 8 nitrogen and oxygen atoms in total. The van der Waals surface area contributed by atoms with Crippen LogP contribution in [0.5, 0.6) is 0 Å². The van der Waals surface area contributed by atoms with Gasteiger partial charge in [-0.1, -0.05) is 0 Å². The number of rotatable bonds is 20. The molecular formula is C22H48IN3O5. The van der Waals surface area contributed by atoms with Crippen molar-refractivity contribution in [2.45, 2.75) is 84.4 Å². The quantitative estimate of drug-likeness (QED) is 0.131. The molecule has 0 spiro atoms. The highest BCUT2D eigenvalue weighted by molar-refractivity contribution is 14.1. The van der Waals surface area contributed by atoms with Crippen LogP contribution in [0.1, 0.15) is 53.9 Å². The minimum Gasteiger partial charge on any atom is -0.392 e. The Morgan fingerprint density at radius 1 is 0.548 bits per heavy atom. The Morgan fingerprint density at radius 2 is 0.871 bits per heavy atom. The monoisotopic (exact) mass is 561 g/mol. The fourth-order valence-electron chi connectivity index (χ4n) is 3.88. The molecule has 0 aromatic carbocycles. The lowest BCUT2D eigenvalue weighted by Crippen LogP contribution is -2.39. The molecule has 188 valence electrons. The van der Waals surface area contributed by atoms with E-state index in [-0.39, 0.29) is 18.3 Å². The number of unbranched alkanes of at least 4 members (excludes halogenated alkanes) is 1. The van der Waals surface area contributed by atoms with Crippen molar-refractivity contribution in [3.8, 4) is 0 Å². The number of halogens is 1. The first-order chi connectivity index (χ1) is 14.5. The van der Waals surface area contributed by atoms with Crippen LogP contribution >= 0.6 is 23.0 Å². The summed E-state index contributed by atoms with van der Waals surface area (Å²) in [6.45, 7) is 15.9. The van der Waals surface area contributed by atoms with Crippen molar-refractivity contribution in [1.29, 1.82) is 0 Å². The van der Waals surface area contributed by atoms with Gasteiger partial charge in [-0.15, -0.1) is 0 Å². The Labute approximate surface area is 204 Å². The SMILES string of the molecule is CC(O)CN(CCCCN(CC(C)O)CC(C)O)CCCN(CC(C)O)CC(C)OI. The lowest BCUT2D eigenvalue weighted by Gasteiger charge is -2.29. The van der Waals surface area contributed by atoms with Gasteiger partial charge in [0.1, 0.15) is 23.0 Å². The number of aliphatic hydroxyl groups excluding tert-OH is 4.